The molecule has 0 aliphatic rings. The molecule has 0 fully saturated rings. The van der Waals surface area contributed by atoms with E-state index >= 15 is 0 Å². The Labute approximate surface area is 130 Å². The van der Waals surface area contributed by atoms with Gasteiger partial charge in [-0.3, -0.25) is 4.79 Å². The van der Waals surface area contributed by atoms with Crippen LogP contribution in [0.2, 0.25) is 0 Å². The molecule has 1 amide bonds. The third-order valence-corrected chi connectivity index (χ3v) is 4.00. The number of nitrogens with two attached hydrogens (primary N) is 1. The molecule has 4 heteroatoms. The fourth-order valence-corrected chi connectivity index (χ4v) is 2.33. The zero-order chi connectivity index (χ0) is 15.1. The van der Waals surface area contributed by atoms with Crippen molar-refractivity contribution in [3.8, 4) is 0 Å². The smallest absolute Gasteiger partial charge is 0.223 e. The highest BCUT2D eigenvalue weighted by molar-refractivity contribution is 9.10. The van der Waals surface area contributed by atoms with Crippen molar-refractivity contribution in [2.75, 3.05) is 0 Å². The zero-order valence-corrected chi connectivity index (χ0v) is 14.1. The van der Waals surface area contributed by atoms with Crippen LogP contribution in [0.15, 0.2) is 28.7 Å². The molecule has 0 aliphatic carbocycles. The van der Waals surface area contributed by atoms with Gasteiger partial charge in [-0.15, -0.1) is 0 Å². The normalized spacial score (nSPS) is 15.4. The van der Waals surface area contributed by atoms with Crippen LogP contribution in [-0.4, -0.2) is 11.9 Å². The number of nitrogens with one attached hydrogen (secondary N) is 1. The van der Waals surface area contributed by atoms with Crippen LogP contribution in [0.3, 0.4) is 0 Å². The van der Waals surface area contributed by atoms with E-state index in [1.807, 2.05) is 45.0 Å². The molecule has 1 aromatic rings. The van der Waals surface area contributed by atoms with Gasteiger partial charge >= 0.3 is 0 Å². The molecule has 0 aromatic heterocycles. The predicted molar refractivity (Wildman–Crippen MR) is 87.4 cm³/mol. The molecule has 0 bridgehead atoms. The van der Waals surface area contributed by atoms with Crippen LogP contribution in [0.5, 0.6) is 0 Å². The third kappa shape index (κ3) is 6.06. The number of carbonyl (C=O) groups excluding carboxylic acids is 1. The molecule has 112 valence electrons. The second-order valence-corrected chi connectivity index (χ2v) is 6.51. The highest BCUT2D eigenvalue weighted by atomic mass is 79.9. The monoisotopic (exact) mass is 340 g/mol. The lowest BCUT2D eigenvalue weighted by atomic mass is 10.0. The maximum atomic E-state index is 12.1. The average Bonchev–Trinajstić information content (AvgIpc) is 2.38. The van der Waals surface area contributed by atoms with Gasteiger partial charge in [-0.1, -0.05) is 41.4 Å². The molecule has 0 spiro atoms. The number of carbonyl (C=O) groups is 1. The van der Waals surface area contributed by atoms with E-state index in [1.54, 1.807) is 0 Å². The molecule has 20 heavy (non-hydrogen) atoms. The molecule has 3 N–H and O–H groups in total. The van der Waals surface area contributed by atoms with Gasteiger partial charge in [0.1, 0.15) is 0 Å². The van der Waals surface area contributed by atoms with Crippen LogP contribution in [0.4, 0.5) is 0 Å². The number of halogens is 1. The maximum absolute atomic E-state index is 12.1. The Balaban J connectivity index is 2.42. The van der Waals surface area contributed by atoms with Crippen molar-refractivity contribution in [2.45, 2.75) is 52.1 Å². The molecule has 3 atom stereocenters. The summed E-state index contributed by atoms with van der Waals surface area (Å²) in [4.78, 5) is 12.1. The molecule has 0 saturated heterocycles. The quantitative estimate of drug-likeness (QED) is 0.793. The second-order valence-electron chi connectivity index (χ2n) is 5.59. The van der Waals surface area contributed by atoms with Crippen molar-refractivity contribution >= 4 is 21.8 Å². The fourth-order valence-electron chi connectivity index (χ4n) is 2.07. The van der Waals surface area contributed by atoms with Gasteiger partial charge in [0.05, 0.1) is 6.04 Å². The largest absolute Gasteiger partial charge is 0.349 e. The molecule has 0 aliphatic heterocycles. The van der Waals surface area contributed by atoms with E-state index < -0.39 is 0 Å². The summed E-state index contributed by atoms with van der Waals surface area (Å²) in [5.41, 5.74) is 6.83. The van der Waals surface area contributed by atoms with E-state index in [9.17, 15) is 4.79 Å². The number of amides is 1. The van der Waals surface area contributed by atoms with Crippen molar-refractivity contribution in [1.29, 1.82) is 0 Å². The molecule has 0 saturated carbocycles. The molecule has 3 nitrogen and oxygen atoms in total. The number of hydrogen-bond acceptors (Lipinski definition) is 2. The van der Waals surface area contributed by atoms with Gasteiger partial charge in [0, 0.05) is 16.4 Å². The van der Waals surface area contributed by atoms with Gasteiger partial charge in [-0.2, -0.15) is 0 Å². The summed E-state index contributed by atoms with van der Waals surface area (Å²) in [6.45, 7) is 5.99. The number of benzene rings is 1. The summed E-state index contributed by atoms with van der Waals surface area (Å²) in [6.07, 6.45) is 2.86. The van der Waals surface area contributed by atoms with E-state index in [-0.39, 0.29) is 23.9 Å². The first kappa shape index (κ1) is 17.2. The first-order chi connectivity index (χ1) is 9.40. The topological polar surface area (TPSA) is 55.1 Å². The lowest BCUT2D eigenvalue weighted by Gasteiger charge is -2.18. The standard InChI is InChI=1S/C16H25BrN2O/c1-11(5-4-6-12(2)18)16(20)19-13(3)14-7-9-15(17)10-8-14/h7-13H,4-6,18H2,1-3H3,(H,19,20)/t11?,12?,13-/m1/s1. The molecular formula is C16H25BrN2O. The van der Waals surface area contributed by atoms with Gasteiger partial charge < -0.3 is 11.1 Å². The van der Waals surface area contributed by atoms with Crippen LogP contribution in [0.25, 0.3) is 0 Å². The fraction of sp³-hybridized carbons (Fsp3) is 0.562. The van der Waals surface area contributed by atoms with Crippen molar-refractivity contribution < 1.29 is 4.79 Å². The Morgan fingerprint density at radius 2 is 1.80 bits per heavy atom. The summed E-state index contributed by atoms with van der Waals surface area (Å²) < 4.78 is 1.05. The zero-order valence-electron chi connectivity index (χ0n) is 12.5. The second kappa shape index (κ2) is 8.42. The van der Waals surface area contributed by atoms with E-state index in [0.717, 1.165) is 29.3 Å². The average molecular weight is 341 g/mol. The summed E-state index contributed by atoms with van der Waals surface area (Å²) in [5, 5.41) is 3.07. The molecular weight excluding hydrogens is 316 g/mol. The number of rotatable bonds is 7. The minimum absolute atomic E-state index is 0.0338. The Bertz CT molecular complexity index is 417. The molecule has 0 heterocycles. The SMILES string of the molecule is CC(N)CCCC(C)C(=O)N[C@H](C)c1ccc(Br)cc1. The van der Waals surface area contributed by atoms with Crippen molar-refractivity contribution in [3.63, 3.8) is 0 Å². The number of hydrogen-bond donors (Lipinski definition) is 2. The Hall–Kier alpha value is -0.870. The van der Waals surface area contributed by atoms with E-state index in [2.05, 4.69) is 21.2 Å². The minimum Gasteiger partial charge on any atom is -0.349 e. The molecule has 1 aromatic carbocycles. The molecule has 1 rings (SSSR count). The Morgan fingerprint density at radius 3 is 2.35 bits per heavy atom. The lowest BCUT2D eigenvalue weighted by Crippen LogP contribution is -2.31. The van der Waals surface area contributed by atoms with Crippen LogP contribution < -0.4 is 11.1 Å². The summed E-state index contributed by atoms with van der Waals surface area (Å²) in [6, 6.07) is 8.28. The first-order valence-corrected chi connectivity index (χ1v) is 8.01. The Kier molecular flexibility index (Phi) is 7.24. The summed E-state index contributed by atoms with van der Waals surface area (Å²) >= 11 is 3.41. The minimum atomic E-state index is 0.0338. The van der Waals surface area contributed by atoms with Crippen LogP contribution in [0, 0.1) is 5.92 Å². The highest BCUT2D eigenvalue weighted by Gasteiger charge is 2.16. The third-order valence-electron chi connectivity index (χ3n) is 3.47. The van der Waals surface area contributed by atoms with Gasteiger partial charge in [0.2, 0.25) is 5.91 Å². The van der Waals surface area contributed by atoms with E-state index in [4.69, 9.17) is 5.73 Å². The van der Waals surface area contributed by atoms with Gasteiger partial charge in [-0.05, 0) is 44.4 Å². The van der Waals surface area contributed by atoms with Crippen molar-refractivity contribution in [3.05, 3.63) is 34.3 Å². The van der Waals surface area contributed by atoms with Gasteiger partial charge in [0.25, 0.3) is 0 Å². The van der Waals surface area contributed by atoms with Gasteiger partial charge in [0.15, 0.2) is 0 Å². The van der Waals surface area contributed by atoms with Gasteiger partial charge in [-0.25, -0.2) is 0 Å². The predicted octanol–water partition coefficient (Wildman–Crippen LogP) is 3.78. The molecule has 2 unspecified atom stereocenters. The Morgan fingerprint density at radius 1 is 1.20 bits per heavy atom. The van der Waals surface area contributed by atoms with Crippen LogP contribution in [-0.2, 0) is 4.79 Å². The first-order valence-electron chi connectivity index (χ1n) is 7.21. The molecule has 0 radical (unpaired) electrons. The van der Waals surface area contributed by atoms with Crippen molar-refractivity contribution in [1.82, 2.24) is 5.32 Å². The maximum Gasteiger partial charge on any atom is 0.223 e. The lowest BCUT2D eigenvalue weighted by molar-refractivity contribution is -0.125. The van der Waals surface area contributed by atoms with Crippen LogP contribution in [0.1, 0.15) is 51.6 Å². The highest BCUT2D eigenvalue weighted by Crippen LogP contribution is 2.17. The van der Waals surface area contributed by atoms with Crippen LogP contribution >= 0.6 is 15.9 Å². The van der Waals surface area contributed by atoms with E-state index in [0.29, 0.717) is 0 Å². The summed E-state index contributed by atoms with van der Waals surface area (Å²) in [7, 11) is 0. The summed E-state index contributed by atoms with van der Waals surface area (Å²) in [5.74, 6) is 0.150. The van der Waals surface area contributed by atoms with E-state index in [1.165, 1.54) is 0 Å². The van der Waals surface area contributed by atoms with Crippen molar-refractivity contribution in [2.24, 2.45) is 11.7 Å².